The van der Waals surface area contributed by atoms with Crippen molar-refractivity contribution in [1.29, 1.82) is 0 Å². The molecule has 1 amide bonds. The minimum atomic E-state index is -3.61. The number of halogens is 1. The van der Waals surface area contributed by atoms with Gasteiger partial charge in [0.25, 0.3) is 5.91 Å². The molecular formula is C25H36FN5O3S. The Labute approximate surface area is 207 Å². The third-order valence-electron chi connectivity index (χ3n) is 6.29. The number of benzene rings is 1. The number of hydrogen-bond donors (Lipinski definition) is 3. The second kappa shape index (κ2) is 11.8. The first-order valence-corrected chi connectivity index (χ1v) is 13.9. The van der Waals surface area contributed by atoms with Gasteiger partial charge in [0, 0.05) is 18.7 Å². The lowest BCUT2D eigenvalue weighted by Crippen LogP contribution is -2.50. The number of nitrogens with two attached hydrogens (primary N) is 1. The number of nitrogens with zero attached hydrogens (tertiary/aromatic N) is 2. The van der Waals surface area contributed by atoms with Gasteiger partial charge in [-0.3, -0.25) is 9.10 Å². The monoisotopic (exact) mass is 505 g/mol. The predicted octanol–water partition coefficient (Wildman–Crippen LogP) is 2.96. The van der Waals surface area contributed by atoms with Crippen molar-refractivity contribution in [2.45, 2.75) is 45.2 Å². The van der Waals surface area contributed by atoms with Gasteiger partial charge in [-0.25, -0.2) is 17.8 Å². The van der Waals surface area contributed by atoms with Crippen LogP contribution in [0.4, 0.5) is 16.0 Å². The first kappa shape index (κ1) is 26.9. The number of rotatable bonds is 13. The molecule has 10 heteroatoms. The Balaban J connectivity index is 1.89. The predicted molar refractivity (Wildman–Crippen MR) is 138 cm³/mol. The molecule has 3 rings (SSSR count). The van der Waals surface area contributed by atoms with Crippen molar-refractivity contribution < 1.29 is 17.6 Å². The molecule has 192 valence electrons. The van der Waals surface area contributed by atoms with E-state index in [0.29, 0.717) is 37.0 Å². The van der Waals surface area contributed by atoms with Crippen molar-refractivity contribution in [2.24, 2.45) is 17.6 Å². The molecule has 0 aliphatic heterocycles. The summed E-state index contributed by atoms with van der Waals surface area (Å²) in [6, 6.07) is 10.9. The standard InChI is InChI=1S/C25H36FN5O3S/c1-4-10-31(35(3,33)34)24-14-19(13-23(30-24)28-16-20-11-17(20)2)25(32)29-22(21(27)15-26)12-18-8-6-5-7-9-18/h5-9,13-14,17,20-22H,4,10-12,15-16,27H2,1-3H3,(H,28,30)(H,29,32)/t17?,20?,21-,22-/m0/s1. The average Bonchev–Trinajstić information content (AvgIpc) is 3.54. The van der Waals surface area contributed by atoms with Crippen LogP contribution in [-0.2, 0) is 16.4 Å². The zero-order chi connectivity index (χ0) is 25.6. The second-order valence-electron chi connectivity index (χ2n) is 9.38. The number of pyridine rings is 1. The lowest BCUT2D eigenvalue weighted by atomic mass is 10.00. The maximum atomic E-state index is 13.5. The van der Waals surface area contributed by atoms with E-state index >= 15 is 0 Å². The van der Waals surface area contributed by atoms with Crippen molar-refractivity contribution >= 4 is 27.6 Å². The molecule has 1 aromatic carbocycles. The molecule has 1 aliphatic rings. The van der Waals surface area contributed by atoms with Gasteiger partial charge >= 0.3 is 0 Å². The number of carbonyl (C=O) groups is 1. The molecule has 1 aliphatic carbocycles. The molecule has 0 bridgehead atoms. The molecule has 1 saturated carbocycles. The Kier molecular flexibility index (Phi) is 9.07. The van der Waals surface area contributed by atoms with Crippen LogP contribution in [0.2, 0.25) is 0 Å². The van der Waals surface area contributed by atoms with Gasteiger partial charge in [-0.15, -0.1) is 0 Å². The molecule has 0 spiro atoms. The van der Waals surface area contributed by atoms with Crippen LogP contribution in [-0.4, -0.2) is 57.4 Å². The van der Waals surface area contributed by atoms with Gasteiger partial charge < -0.3 is 16.4 Å². The van der Waals surface area contributed by atoms with Gasteiger partial charge in [0.2, 0.25) is 10.0 Å². The van der Waals surface area contributed by atoms with Crippen LogP contribution in [0.15, 0.2) is 42.5 Å². The molecule has 1 aromatic heterocycles. The normalized spacial score (nSPS) is 19.0. The highest BCUT2D eigenvalue weighted by Gasteiger charge is 2.32. The zero-order valence-electron chi connectivity index (χ0n) is 20.6. The SMILES string of the molecule is CCCN(c1cc(C(=O)N[C@@H](Cc2ccccc2)[C@@H](N)CF)cc(NCC2CC2C)n1)S(C)(=O)=O. The van der Waals surface area contributed by atoms with Crippen LogP contribution in [0.25, 0.3) is 0 Å². The summed E-state index contributed by atoms with van der Waals surface area (Å²) in [7, 11) is -3.61. The molecule has 4 atom stereocenters. The Hall–Kier alpha value is -2.72. The topological polar surface area (TPSA) is 117 Å². The smallest absolute Gasteiger partial charge is 0.251 e. The van der Waals surface area contributed by atoms with Crippen molar-refractivity contribution in [3.8, 4) is 0 Å². The summed E-state index contributed by atoms with van der Waals surface area (Å²) in [6.45, 7) is 4.18. The van der Waals surface area contributed by atoms with E-state index in [9.17, 15) is 17.6 Å². The minimum absolute atomic E-state index is 0.169. The van der Waals surface area contributed by atoms with Crippen LogP contribution in [0.3, 0.4) is 0 Å². The van der Waals surface area contributed by atoms with Gasteiger partial charge in [-0.05, 0) is 48.8 Å². The molecule has 1 fully saturated rings. The highest BCUT2D eigenvalue weighted by molar-refractivity contribution is 7.92. The number of sulfonamides is 1. The number of nitrogens with one attached hydrogen (secondary N) is 2. The highest BCUT2D eigenvalue weighted by Crippen LogP contribution is 2.37. The first-order valence-electron chi connectivity index (χ1n) is 12.0. The summed E-state index contributed by atoms with van der Waals surface area (Å²) in [5, 5.41) is 6.10. The molecule has 35 heavy (non-hydrogen) atoms. The Morgan fingerprint density at radius 3 is 2.54 bits per heavy atom. The van der Waals surface area contributed by atoms with Gasteiger partial charge in [0.15, 0.2) is 0 Å². The Morgan fingerprint density at radius 2 is 1.97 bits per heavy atom. The summed E-state index contributed by atoms with van der Waals surface area (Å²) in [5.74, 6) is 1.28. The lowest BCUT2D eigenvalue weighted by Gasteiger charge is -2.25. The number of anilines is 2. The minimum Gasteiger partial charge on any atom is -0.370 e. The molecule has 2 aromatic rings. The fourth-order valence-electron chi connectivity index (χ4n) is 3.97. The number of hydrogen-bond acceptors (Lipinski definition) is 6. The third-order valence-corrected chi connectivity index (χ3v) is 7.46. The fraction of sp³-hybridized carbons (Fsp3) is 0.520. The maximum absolute atomic E-state index is 13.5. The molecule has 2 unspecified atom stereocenters. The molecule has 8 nitrogen and oxygen atoms in total. The number of amides is 1. The lowest BCUT2D eigenvalue weighted by molar-refractivity contribution is 0.0928. The zero-order valence-corrected chi connectivity index (χ0v) is 21.4. The summed E-state index contributed by atoms with van der Waals surface area (Å²) in [5.41, 5.74) is 7.15. The number of carbonyl (C=O) groups excluding carboxylic acids is 1. The van der Waals surface area contributed by atoms with Gasteiger partial charge in [0.05, 0.1) is 18.3 Å². The van der Waals surface area contributed by atoms with E-state index in [1.54, 1.807) is 6.07 Å². The maximum Gasteiger partial charge on any atom is 0.251 e. The van der Waals surface area contributed by atoms with E-state index in [0.717, 1.165) is 18.2 Å². The second-order valence-corrected chi connectivity index (χ2v) is 11.3. The van der Waals surface area contributed by atoms with Gasteiger partial charge in [-0.2, -0.15) is 0 Å². The molecule has 0 radical (unpaired) electrons. The average molecular weight is 506 g/mol. The Bertz CT molecular complexity index is 1100. The van der Waals surface area contributed by atoms with Crippen LogP contribution < -0.4 is 20.7 Å². The van der Waals surface area contributed by atoms with E-state index in [1.807, 2.05) is 37.3 Å². The van der Waals surface area contributed by atoms with Crippen LogP contribution in [0.5, 0.6) is 0 Å². The van der Waals surface area contributed by atoms with E-state index in [2.05, 4.69) is 22.5 Å². The Morgan fingerprint density at radius 1 is 1.29 bits per heavy atom. The molecule has 0 saturated heterocycles. The number of alkyl halides is 1. The largest absolute Gasteiger partial charge is 0.370 e. The van der Waals surface area contributed by atoms with Crippen LogP contribution in [0.1, 0.15) is 42.6 Å². The summed E-state index contributed by atoms with van der Waals surface area (Å²) in [4.78, 5) is 17.8. The molecule has 1 heterocycles. The third kappa shape index (κ3) is 7.63. The molecular weight excluding hydrogens is 469 g/mol. The van der Waals surface area contributed by atoms with E-state index < -0.39 is 34.7 Å². The fourth-order valence-corrected chi connectivity index (χ4v) is 4.92. The van der Waals surface area contributed by atoms with Crippen LogP contribution in [0, 0.1) is 11.8 Å². The van der Waals surface area contributed by atoms with E-state index in [-0.39, 0.29) is 17.9 Å². The quantitative estimate of drug-likeness (QED) is 0.385. The van der Waals surface area contributed by atoms with E-state index in [1.165, 1.54) is 10.4 Å². The summed E-state index contributed by atoms with van der Waals surface area (Å²) in [6.07, 6.45) is 3.18. The van der Waals surface area contributed by atoms with E-state index in [4.69, 9.17) is 5.73 Å². The van der Waals surface area contributed by atoms with Crippen molar-refractivity contribution in [1.82, 2.24) is 10.3 Å². The number of aromatic nitrogens is 1. The highest BCUT2D eigenvalue weighted by atomic mass is 32.2. The van der Waals surface area contributed by atoms with Gasteiger partial charge in [-0.1, -0.05) is 44.2 Å². The van der Waals surface area contributed by atoms with Gasteiger partial charge in [0.1, 0.15) is 18.3 Å². The molecule has 4 N–H and O–H groups in total. The summed E-state index contributed by atoms with van der Waals surface area (Å²) >= 11 is 0. The first-order chi connectivity index (χ1) is 16.6. The van der Waals surface area contributed by atoms with Crippen molar-refractivity contribution in [3.05, 3.63) is 53.6 Å². The van der Waals surface area contributed by atoms with Crippen molar-refractivity contribution in [2.75, 3.05) is 35.6 Å². The van der Waals surface area contributed by atoms with Crippen molar-refractivity contribution in [3.63, 3.8) is 0 Å². The summed E-state index contributed by atoms with van der Waals surface area (Å²) < 4.78 is 39.6. The van der Waals surface area contributed by atoms with Crippen LogP contribution >= 0.6 is 0 Å².